The van der Waals surface area contributed by atoms with Crippen molar-refractivity contribution in [1.82, 2.24) is 0 Å². The van der Waals surface area contributed by atoms with Crippen LogP contribution in [-0.2, 0) is 14.3 Å². The standard InChI is InChI=1S/C12H7F13O4/c1-3-4(26)28-6(11(20,21)22)7(13,14)5(2,10(17,18)19)29-9(27,8(6,15)16)12(23,24)25/h3,27H,1H2,2H3. The van der Waals surface area contributed by atoms with Gasteiger partial charge in [-0.1, -0.05) is 6.58 Å². The summed E-state index contributed by atoms with van der Waals surface area (Å²) in [6.07, 6.45) is -22.2. The van der Waals surface area contributed by atoms with Crippen molar-refractivity contribution in [2.24, 2.45) is 0 Å². The largest absolute Gasteiger partial charge is 0.449 e. The van der Waals surface area contributed by atoms with Gasteiger partial charge in [-0.25, -0.2) is 4.79 Å². The summed E-state index contributed by atoms with van der Waals surface area (Å²) < 4.78 is 181. The van der Waals surface area contributed by atoms with Crippen molar-refractivity contribution in [3.8, 4) is 0 Å². The molecule has 0 aromatic heterocycles. The molecule has 1 N–H and O–H groups in total. The van der Waals surface area contributed by atoms with Crippen molar-refractivity contribution in [3.63, 3.8) is 0 Å². The maximum atomic E-state index is 14.5. The summed E-state index contributed by atoms with van der Waals surface area (Å²) in [5.41, 5.74) is -13.3. The molecule has 17 heteroatoms. The Kier molecular flexibility index (Phi) is 5.33. The number of carbonyl (C=O) groups is 1. The third-order valence-corrected chi connectivity index (χ3v) is 4.01. The Labute approximate surface area is 150 Å². The number of halogens is 13. The van der Waals surface area contributed by atoms with E-state index in [0.717, 1.165) is 0 Å². The molecule has 0 saturated carbocycles. The highest BCUT2D eigenvalue weighted by Crippen LogP contribution is 2.69. The fourth-order valence-corrected chi connectivity index (χ4v) is 2.40. The smallest absolute Gasteiger partial charge is 0.433 e. The molecule has 0 aliphatic carbocycles. The fraction of sp³-hybridized carbons (Fsp3) is 0.750. The molecule has 3 atom stereocenters. The van der Waals surface area contributed by atoms with Gasteiger partial charge in [0.2, 0.25) is 5.60 Å². The summed E-state index contributed by atoms with van der Waals surface area (Å²) in [6.45, 7) is 1.17. The van der Waals surface area contributed by atoms with Gasteiger partial charge in [0, 0.05) is 6.08 Å². The topological polar surface area (TPSA) is 55.8 Å². The number of aliphatic hydroxyl groups is 1. The van der Waals surface area contributed by atoms with Crippen molar-refractivity contribution >= 4 is 5.97 Å². The quantitative estimate of drug-likeness (QED) is 0.385. The Morgan fingerprint density at radius 1 is 0.897 bits per heavy atom. The van der Waals surface area contributed by atoms with Gasteiger partial charge in [-0.2, -0.15) is 57.1 Å². The van der Waals surface area contributed by atoms with Gasteiger partial charge in [0.05, 0.1) is 0 Å². The fourth-order valence-electron chi connectivity index (χ4n) is 2.40. The summed E-state index contributed by atoms with van der Waals surface area (Å²) in [6, 6.07) is 0. The van der Waals surface area contributed by atoms with Crippen LogP contribution in [0.3, 0.4) is 0 Å². The van der Waals surface area contributed by atoms with Crippen LogP contribution in [0.4, 0.5) is 57.1 Å². The first-order valence-electron chi connectivity index (χ1n) is 6.65. The second kappa shape index (κ2) is 6.12. The average molecular weight is 462 g/mol. The van der Waals surface area contributed by atoms with E-state index in [-0.39, 0.29) is 0 Å². The number of carbonyl (C=O) groups excluding carboxylic acids is 1. The van der Waals surface area contributed by atoms with Gasteiger partial charge in [-0.05, 0) is 6.92 Å². The minimum absolute atomic E-state index is 0.521. The van der Waals surface area contributed by atoms with E-state index in [1.54, 1.807) is 0 Å². The summed E-state index contributed by atoms with van der Waals surface area (Å²) in [4.78, 5) is 11.0. The minimum atomic E-state index is -7.52. The Balaban J connectivity index is 4.28. The summed E-state index contributed by atoms with van der Waals surface area (Å²) in [5, 5.41) is 9.10. The zero-order valence-electron chi connectivity index (χ0n) is 13.4. The Morgan fingerprint density at radius 2 is 1.31 bits per heavy atom. The molecule has 0 radical (unpaired) electrons. The highest BCUT2D eigenvalue weighted by atomic mass is 19.4. The molecule has 4 nitrogen and oxygen atoms in total. The number of hydrogen-bond donors (Lipinski definition) is 1. The lowest BCUT2D eigenvalue weighted by molar-refractivity contribution is -0.575. The summed E-state index contributed by atoms with van der Waals surface area (Å²) in [5.74, 6) is -24.4. The maximum Gasteiger partial charge on any atom is 0.449 e. The molecule has 170 valence electrons. The lowest BCUT2D eigenvalue weighted by atomic mass is 9.71. The predicted molar refractivity (Wildman–Crippen MR) is 61.5 cm³/mol. The van der Waals surface area contributed by atoms with Crippen LogP contribution in [-0.4, -0.2) is 58.4 Å². The summed E-state index contributed by atoms with van der Waals surface area (Å²) in [7, 11) is 0. The SMILES string of the molecule is C=CC(=O)OC1(C(F)(F)F)C(F)(F)C(C)(C(F)(F)F)OC(O)(C(F)(F)F)C1(F)F. The number of esters is 1. The molecule has 0 amide bonds. The molecule has 29 heavy (non-hydrogen) atoms. The van der Waals surface area contributed by atoms with Crippen molar-refractivity contribution in [2.75, 3.05) is 0 Å². The van der Waals surface area contributed by atoms with Crippen LogP contribution in [0, 0.1) is 0 Å². The van der Waals surface area contributed by atoms with E-state index in [0.29, 0.717) is 0 Å². The highest BCUT2D eigenvalue weighted by molar-refractivity contribution is 5.82. The van der Waals surface area contributed by atoms with Crippen molar-refractivity contribution < 1.29 is 76.5 Å². The molecule has 3 unspecified atom stereocenters. The van der Waals surface area contributed by atoms with Crippen LogP contribution >= 0.6 is 0 Å². The lowest BCUT2D eigenvalue weighted by Gasteiger charge is -2.59. The molecular weight excluding hydrogens is 455 g/mol. The number of ether oxygens (including phenoxy) is 2. The molecule has 1 aliphatic rings. The molecule has 1 saturated heterocycles. The Morgan fingerprint density at radius 3 is 1.59 bits per heavy atom. The van der Waals surface area contributed by atoms with E-state index in [4.69, 9.17) is 5.11 Å². The van der Waals surface area contributed by atoms with Crippen molar-refractivity contribution in [2.45, 2.75) is 54.3 Å². The van der Waals surface area contributed by atoms with Crippen LogP contribution in [0.1, 0.15) is 6.92 Å². The van der Waals surface area contributed by atoms with Gasteiger partial charge < -0.3 is 14.6 Å². The van der Waals surface area contributed by atoms with Gasteiger partial charge in [0.1, 0.15) is 0 Å². The molecule has 0 bridgehead atoms. The normalized spacial score (nSPS) is 35.1. The predicted octanol–water partition coefficient (Wildman–Crippen LogP) is 3.89. The van der Waals surface area contributed by atoms with E-state index in [9.17, 15) is 61.9 Å². The van der Waals surface area contributed by atoms with Crippen molar-refractivity contribution in [1.29, 1.82) is 0 Å². The molecule has 1 aliphatic heterocycles. The first-order chi connectivity index (χ1) is 12.4. The third-order valence-electron chi connectivity index (χ3n) is 4.01. The third kappa shape index (κ3) is 2.79. The van der Waals surface area contributed by atoms with E-state index >= 15 is 0 Å². The second-order valence-corrected chi connectivity index (χ2v) is 5.73. The van der Waals surface area contributed by atoms with Crippen LogP contribution in [0.15, 0.2) is 12.7 Å². The van der Waals surface area contributed by atoms with Gasteiger partial charge in [0.15, 0.2) is 0 Å². The maximum absolute atomic E-state index is 14.5. The molecule has 1 rings (SSSR count). The summed E-state index contributed by atoms with van der Waals surface area (Å²) >= 11 is 0. The molecule has 0 spiro atoms. The Bertz CT molecular complexity index is 653. The first-order valence-corrected chi connectivity index (χ1v) is 6.65. The van der Waals surface area contributed by atoms with Crippen LogP contribution in [0.25, 0.3) is 0 Å². The van der Waals surface area contributed by atoms with Gasteiger partial charge in [-0.15, -0.1) is 0 Å². The average Bonchev–Trinajstić information content (AvgIpc) is 2.46. The second-order valence-electron chi connectivity index (χ2n) is 5.73. The van der Waals surface area contributed by atoms with Gasteiger partial charge in [0.25, 0.3) is 0 Å². The van der Waals surface area contributed by atoms with E-state index in [1.807, 2.05) is 0 Å². The highest BCUT2D eigenvalue weighted by Gasteiger charge is 3.01. The molecular formula is C12H7F13O4. The number of rotatable bonds is 2. The monoisotopic (exact) mass is 462 g/mol. The minimum Gasteiger partial charge on any atom is -0.433 e. The lowest BCUT2D eigenvalue weighted by Crippen LogP contribution is -2.90. The van der Waals surface area contributed by atoms with Crippen molar-refractivity contribution in [3.05, 3.63) is 12.7 Å². The molecule has 1 fully saturated rings. The van der Waals surface area contributed by atoms with Crippen LogP contribution in [0.5, 0.6) is 0 Å². The van der Waals surface area contributed by atoms with Gasteiger partial charge >= 0.3 is 47.7 Å². The number of alkyl halides is 13. The van der Waals surface area contributed by atoms with Gasteiger partial charge in [-0.3, -0.25) is 0 Å². The first kappa shape index (κ1) is 25.3. The van der Waals surface area contributed by atoms with Crippen LogP contribution < -0.4 is 0 Å². The zero-order chi connectivity index (χ0) is 23.7. The molecule has 0 aromatic carbocycles. The molecule has 0 aromatic rings. The Hall–Kier alpha value is -1.78. The van der Waals surface area contributed by atoms with E-state index in [2.05, 4.69) is 16.1 Å². The van der Waals surface area contributed by atoms with E-state index in [1.165, 1.54) is 0 Å². The zero-order valence-corrected chi connectivity index (χ0v) is 13.4. The molecule has 1 heterocycles. The van der Waals surface area contributed by atoms with E-state index < -0.39 is 66.3 Å². The number of hydrogen-bond acceptors (Lipinski definition) is 4. The van der Waals surface area contributed by atoms with Crippen LogP contribution in [0.2, 0.25) is 0 Å².